The SMILES string of the molecule is O=C(Nc1ccccc1Oc1cccc(F)c1)N1CCc2ccccc2C1. The van der Waals surface area contributed by atoms with Crippen molar-refractivity contribution < 1.29 is 13.9 Å². The minimum atomic E-state index is -0.374. The van der Waals surface area contributed by atoms with Crippen LogP contribution in [0.3, 0.4) is 0 Å². The van der Waals surface area contributed by atoms with E-state index in [0.717, 1.165) is 6.42 Å². The third kappa shape index (κ3) is 3.92. The van der Waals surface area contributed by atoms with Gasteiger partial charge in [-0.05, 0) is 41.8 Å². The van der Waals surface area contributed by atoms with Crippen LogP contribution in [0, 0.1) is 5.82 Å². The van der Waals surface area contributed by atoms with Crippen molar-refractivity contribution in [3.8, 4) is 11.5 Å². The summed E-state index contributed by atoms with van der Waals surface area (Å²) >= 11 is 0. The number of anilines is 1. The van der Waals surface area contributed by atoms with Gasteiger partial charge in [0, 0.05) is 19.2 Å². The van der Waals surface area contributed by atoms with Crippen LogP contribution in [0.15, 0.2) is 72.8 Å². The predicted octanol–water partition coefficient (Wildman–Crippen LogP) is 5.21. The first-order valence-corrected chi connectivity index (χ1v) is 8.84. The standard InChI is InChI=1S/C22H19FN2O2/c23-18-8-5-9-19(14-18)27-21-11-4-3-10-20(21)24-22(26)25-13-12-16-6-1-2-7-17(16)15-25/h1-11,14H,12-13,15H2,(H,24,26). The second-order valence-electron chi connectivity index (χ2n) is 6.43. The van der Waals surface area contributed by atoms with Crippen LogP contribution in [0.5, 0.6) is 11.5 Å². The highest BCUT2D eigenvalue weighted by Crippen LogP contribution is 2.30. The Hall–Kier alpha value is -3.34. The lowest BCUT2D eigenvalue weighted by Crippen LogP contribution is -2.38. The van der Waals surface area contributed by atoms with Crippen molar-refractivity contribution in [1.82, 2.24) is 4.90 Å². The van der Waals surface area contributed by atoms with Crippen LogP contribution in [0.25, 0.3) is 0 Å². The predicted molar refractivity (Wildman–Crippen MR) is 102 cm³/mol. The molecule has 1 N–H and O–H groups in total. The molecule has 3 aromatic carbocycles. The molecule has 4 rings (SSSR count). The zero-order valence-corrected chi connectivity index (χ0v) is 14.7. The summed E-state index contributed by atoms with van der Waals surface area (Å²) < 4.78 is 19.1. The second kappa shape index (κ2) is 7.50. The van der Waals surface area contributed by atoms with E-state index in [1.807, 2.05) is 18.2 Å². The number of hydrogen-bond donors (Lipinski definition) is 1. The lowest BCUT2D eigenvalue weighted by Gasteiger charge is -2.29. The summed E-state index contributed by atoms with van der Waals surface area (Å²) in [6, 6.07) is 21.0. The molecule has 0 atom stereocenters. The Morgan fingerprint density at radius 3 is 2.59 bits per heavy atom. The molecule has 1 heterocycles. The average molecular weight is 362 g/mol. The lowest BCUT2D eigenvalue weighted by atomic mass is 10.0. The lowest BCUT2D eigenvalue weighted by molar-refractivity contribution is 0.206. The smallest absolute Gasteiger partial charge is 0.322 e. The molecule has 1 aliphatic heterocycles. The minimum absolute atomic E-state index is 0.181. The highest BCUT2D eigenvalue weighted by molar-refractivity contribution is 5.91. The Morgan fingerprint density at radius 2 is 1.74 bits per heavy atom. The molecule has 136 valence electrons. The van der Waals surface area contributed by atoms with Crippen molar-refractivity contribution in [2.75, 3.05) is 11.9 Å². The van der Waals surface area contributed by atoms with E-state index in [2.05, 4.69) is 17.4 Å². The summed E-state index contributed by atoms with van der Waals surface area (Å²) in [5.41, 5.74) is 3.00. The number of fused-ring (bicyclic) bond motifs is 1. The van der Waals surface area contributed by atoms with E-state index >= 15 is 0 Å². The number of urea groups is 1. The molecule has 3 aromatic rings. The van der Waals surface area contributed by atoms with Gasteiger partial charge in [0.2, 0.25) is 0 Å². The van der Waals surface area contributed by atoms with Gasteiger partial charge in [-0.25, -0.2) is 9.18 Å². The molecule has 0 saturated heterocycles. The summed E-state index contributed by atoms with van der Waals surface area (Å²) in [7, 11) is 0. The Balaban J connectivity index is 1.49. The maximum absolute atomic E-state index is 13.4. The van der Waals surface area contributed by atoms with Crippen molar-refractivity contribution in [1.29, 1.82) is 0 Å². The average Bonchev–Trinajstić information content (AvgIpc) is 2.69. The summed E-state index contributed by atoms with van der Waals surface area (Å²) in [4.78, 5) is 14.5. The van der Waals surface area contributed by atoms with Gasteiger partial charge in [-0.3, -0.25) is 0 Å². The third-order valence-electron chi connectivity index (χ3n) is 4.57. The molecule has 0 aliphatic carbocycles. The van der Waals surface area contributed by atoms with Crippen molar-refractivity contribution in [3.05, 3.63) is 89.7 Å². The van der Waals surface area contributed by atoms with Gasteiger partial charge in [0.25, 0.3) is 0 Å². The van der Waals surface area contributed by atoms with E-state index in [-0.39, 0.29) is 11.8 Å². The van der Waals surface area contributed by atoms with Crippen LogP contribution >= 0.6 is 0 Å². The summed E-state index contributed by atoms with van der Waals surface area (Å²) in [6.07, 6.45) is 0.838. The van der Waals surface area contributed by atoms with Crippen molar-refractivity contribution in [2.45, 2.75) is 13.0 Å². The van der Waals surface area contributed by atoms with Crippen molar-refractivity contribution in [3.63, 3.8) is 0 Å². The summed E-state index contributed by atoms with van der Waals surface area (Å²) in [5.74, 6) is 0.471. The first-order valence-electron chi connectivity index (χ1n) is 8.84. The number of halogens is 1. The van der Waals surface area contributed by atoms with Crippen LogP contribution in [0.2, 0.25) is 0 Å². The topological polar surface area (TPSA) is 41.6 Å². The van der Waals surface area contributed by atoms with Gasteiger partial charge < -0.3 is 15.0 Å². The number of amides is 2. The molecular weight excluding hydrogens is 343 g/mol. The molecule has 0 saturated carbocycles. The van der Waals surface area contributed by atoms with Gasteiger partial charge in [0.1, 0.15) is 11.6 Å². The molecule has 0 fully saturated rings. The van der Waals surface area contributed by atoms with E-state index in [9.17, 15) is 9.18 Å². The van der Waals surface area contributed by atoms with Gasteiger partial charge >= 0.3 is 6.03 Å². The molecule has 4 nitrogen and oxygen atoms in total. The maximum Gasteiger partial charge on any atom is 0.322 e. The van der Waals surface area contributed by atoms with Gasteiger partial charge in [-0.1, -0.05) is 42.5 Å². The van der Waals surface area contributed by atoms with Gasteiger partial charge in [-0.15, -0.1) is 0 Å². The normalized spacial score (nSPS) is 13.0. The monoisotopic (exact) mass is 362 g/mol. The molecule has 1 aliphatic rings. The molecule has 0 aromatic heterocycles. The highest BCUT2D eigenvalue weighted by atomic mass is 19.1. The molecular formula is C22H19FN2O2. The Bertz CT molecular complexity index is 974. The van der Waals surface area contributed by atoms with E-state index in [4.69, 9.17) is 4.74 Å². The number of nitrogens with zero attached hydrogens (tertiary/aromatic N) is 1. The fourth-order valence-corrected chi connectivity index (χ4v) is 3.18. The zero-order valence-electron chi connectivity index (χ0n) is 14.7. The molecule has 5 heteroatoms. The third-order valence-corrected chi connectivity index (χ3v) is 4.57. The van der Waals surface area contributed by atoms with E-state index in [1.54, 1.807) is 35.2 Å². The largest absolute Gasteiger partial charge is 0.455 e. The van der Waals surface area contributed by atoms with Crippen LogP contribution < -0.4 is 10.1 Å². The fraction of sp³-hybridized carbons (Fsp3) is 0.136. The number of para-hydroxylation sites is 2. The Morgan fingerprint density at radius 1 is 0.963 bits per heavy atom. The van der Waals surface area contributed by atoms with Crippen molar-refractivity contribution >= 4 is 11.7 Å². The van der Waals surface area contributed by atoms with Gasteiger partial charge in [0.15, 0.2) is 5.75 Å². The van der Waals surface area contributed by atoms with Crippen LogP contribution in [-0.2, 0) is 13.0 Å². The Kier molecular flexibility index (Phi) is 4.75. The van der Waals surface area contributed by atoms with E-state index < -0.39 is 0 Å². The summed E-state index contributed by atoms with van der Waals surface area (Å²) in [5, 5.41) is 2.91. The van der Waals surface area contributed by atoms with Crippen LogP contribution in [-0.4, -0.2) is 17.5 Å². The van der Waals surface area contributed by atoms with Gasteiger partial charge in [-0.2, -0.15) is 0 Å². The van der Waals surface area contributed by atoms with E-state index in [0.29, 0.717) is 30.3 Å². The highest BCUT2D eigenvalue weighted by Gasteiger charge is 2.21. The number of carbonyl (C=O) groups is 1. The Labute approximate surface area is 157 Å². The van der Waals surface area contributed by atoms with E-state index in [1.165, 1.54) is 23.3 Å². The molecule has 0 spiro atoms. The number of benzene rings is 3. The second-order valence-corrected chi connectivity index (χ2v) is 6.43. The number of rotatable bonds is 3. The first-order chi connectivity index (χ1) is 13.2. The summed E-state index contributed by atoms with van der Waals surface area (Å²) in [6.45, 7) is 1.24. The fourth-order valence-electron chi connectivity index (χ4n) is 3.18. The molecule has 27 heavy (non-hydrogen) atoms. The molecule has 0 radical (unpaired) electrons. The number of nitrogens with one attached hydrogen (secondary N) is 1. The number of carbonyl (C=O) groups excluding carboxylic acids is 1. The molecule has 2 amide bonds. The molecule has 0 unspecified atom stereocenters. The quantitative estimate of drug-likeness (QED) is 0.695. The zero-order chi connectivity index (χ0) is 18.6. The van der Waals surface area contributed by atoms with Gasteiger partial charge in [0.05, 0.1) is 5.69 Å². The number of hydrogen-bond acceptors (Lipinski definition) is 2. The first kappa shape index (κ1) is 17.1. The van der Waals surface area contributed by atoms with Crippen LogP contribution in [0.4, 0.5) is 14.9 Å². The van der Waals surface area contributed by atoms with Crippen molar-refractivity contribution in [2.24, 2.45) is 0 Å². The van der Waals surface area contributed by atoms with Crippen LogP contribution in [0.1, 0.15) is 11.1 Å². The minimum Gasteiger partial charge on any atom is -0.455 e. The maximum atomic E-state index is 13.4. The molecule has 0 bridgehead atoms. The number of ether oxygens (including phenoxy) is 1.